The Hall–Kier alpha value is -2.63. The van der Waals surface area contributed by atoms with Crippen molar-refractivity contribution in [2.75, 3.05) is 23.3 Å². The summed E-state index contributed by atoms with van der Waals surface area (Å²) >= 11 is 0. The highest BCUT2D eigenvalue weighted by Crippen LogP contribution is 2.25. The Morgan fingerprint density at radius 2 is 1.95 bits per heavy atom. The van der Waals surface area contributed by atoms with Gasteiger partial charge in [-0.3, -0.25) is 9.59 Å². The fraction of sp³-hybridized carbons (Fsp3) is 0.250. The lowest BCUT2D eigenvalue weighted by atomic mass is 10.2. The molecule has 1 aliphatic rings. The van der Waals surface area contributed by atoms with E-state index in [1.165, 1.54) is 30.5 Å². The van der Waals surface area contributed by atoms with Crippen LogP contribution in [0.4, 0.5) is 15.8 Å². The van der Waals surface area contributed by atoms with Crippen molar-refractivity contribution in [1.29, 1.82) is 0 Å². The van der Waals surface area contributed by atoms with Crippen LogP contribution in [0.5, 0.6) is 0 Å². The Labute approximate surface area is 126 Å². The van der Waals surface area contributed by atoms with Gasteiger partial charge in [0.25, 0.3) is 5.91 Å². The molecule has 5 nitrogen and oxygen atoms in total. The molecule has 0 bridgehead atoms. The zero-order chi connectivity index (χ0) is 15.5. The molecular weight excluding hydrogens is 285 g/mol. The zero-order valence-electron chi connectivity index (χ0n) is 11.9. The highest BCUT2D eigenvalue weighted by Gasteiger charge is 2.15. The highest BCUT2D eigenvalue weighted by atomic mass is 19.1. The van der Waals surface area contributed by atoms with Crippen molar-refractivity contribution in [3.05, 3.63) is 58.3 Å². The average Bonchev–Trinajstić information content (AvgIpc) is 3.01. The molecule has 2 heterocycles. The maximum Gasteiger partial charge on any atom is 0.257 e. The SMILES string of the molecule is O=C(Nc1cc(F)cc(N2CCCC2)c1)c1ccc(=O)[nH]c1. The van der Waals surface area contributed by atoms with Gasteiger partial charge in [-0.25, -0.2) is 4.39 Å². The Kier molecular flexibility index (Phi) is 3.91. The van der Waals surface area contributed by atoms with E-state index in [1.807, 2.05) is 0 Å². The first kappa shape index (κ1) is 14.3. The quantitative estimate of drug-likeness (QED) is 0.914. The number of aromatic nitrogens is 1. The Morgan fingerprint density at radius 3 is 2.64 bits per heavy atom. The van der Waals surface area contributed by atoms with E-state index in [2.05, 4.69) is 15.2 Å². The Bertz CT molecular complexity index is 731. The first-order chi connectivity index (χ1) is 10.6. The molecule has 6 heteroatoms. The minimum Gasteiger partial charge on any atom is -0.371 e. The summed E-state index contributed by atoms with van der Waals surface area (Å²) in [6.45, 7) is 1.80. The van der Waals surface area contributed by atoms with Gasteiger partial charge in [0.05, 0.1) is 5.56 Å². The molecule has 0 saturated carbocycles. The summed E-state index contributed by atoms with van der Waals surface area (Å²) in [6, 6.07) is 7.22. The van der Waals surface area contributed by atoms with Gasteiger partial charge in [0.2, 0.25) is 5.56 Å². The highest BCUT2D eigenvalue weighted by molar-refractivity contribution is 6.04. The normalized spacial score (nSPS) is 14.1. The minimum absolute atomic E-state index is 0.279. The molecule has 22 heavy (non-hydrogen) atoms. The molecule has 0 radical (unpaired) electrons. The smallest absolute Gasteiger partial charge is 0.257 e. The maximum atomic E-state index is 13.8. The van der Waals surface area contributed by atoms with E-state index in [4.69, 9.17) is 0 Å². The molecule has 1 aromatic heterocycles. The van der Waals surface area contributed by atoms with Gasteiger partial charge in [-0.05, 0) is 37.1 Å². The van der Waals surface area contributed by atoms with Gasteiger partial charge in [-0.15, -0.1) is 0 Å². The van der Waals surface area contributed by atoms with Gasteiger partial charge in [0, 0.05) is 36.7 Å². The topological polar surface area (TPSA) is 65.2 Å². The number of pyridine rings is 1. The predicted molar refractivity (Wildman–Crippen MR) is 82.9 cm³/mol. The van der Waals surface area contributed by atoms with Crippen molar-refractivity contribution >= 4 is 17.3 Å². The standard InChI is InChI=1S/C16H16FN3O2/c17-12-7-13(9-14(8-12)20-5-1-2-6-20)19-16(22)11-3-4-15(21)18-10-11/h3-4,7-10H,1-2,5-6H2,(H,18,21)(H,19,22). The van der Waals surface area contributed by atoms with Gasteiger partial charge in [-0.2, -0.15) is 0 Å². The molecule has 0 aliphatic carbocycles. The van der Waals surface area contributed by atoms with E-state index in [0.29, 0.717) is 11.3 Å². The number of nitrogens with zero attached hydrogens (tertiary/aromatic N) is 1. The van der Waals surface area contributed by atoms with Crippen LogP contribution in [0, 0.1) is 5.82 Å². The summed E-state index contributed by atoms with van der Waals surface area (Å²) in [4.78, 5) is 27.6. The predicted octanol–water partition coefficient (Wildman–Crippen LogP) is 2.37. The lowest BCUT2D eigenvalue weighted by Gasteiger charge is -2.18. The third-order valence-electron chi connectivity index (χ3n) is 3.66. The van der Waals surface area contributed by atoms with Crippen LogP contribution in [-0.2, 0) is 0 Å². The third-order valence-corrected chi connectivity index (χ3v) is 3.66. The summed E-state index contributed by atoms with van der Waals surface area (Å²) in [5, 5.41) is 2.65. The van der Waals surface area contributed by atoms with Crippen LogP contribution >= 0.6 is 0 Å². The second-order valence-corrected chi connectivity index (χ2v) is 5.29. The number of hydrogen-bond acceptors (Lipinski definition) is 3. The lowest BCUT2D eigenvalue weighted by Crippen LogP contribution is -2.19. The van der Waals surface area contributed by atoms with Gasteiger partial charge in [0.1, 0.15) is 5.82 Å². The molecular formula is C16H16FN3O2. The van der Waals surface area contributed by atoms with Crippen molar-refractivity contribution in [2.45, 2.75) is 12.8 Å². The summed E-state index contributed by atoms with van der Waals surface area (Å²) in [6.07, 6.45) is 3.52. The maximum absolute atomic E-state index is 13.8. The van der Waals surface area contributed by atoms with Gasteiger partial charge >= 0.3 is 0 Å². The summed E-state index contributed by atoms with van der Waals surface area (Å²) in [5.74, 6) is -0.782. The number of anilines is 2. The van der Waals surface area contributed by atoms with Crippen molar-refractivity contribution in [1.82, 2.24) is 4.98 Å². The molecule has 114 valence electrons. The molecule has 2 aromatic rings. The van der Waals surface area contributed by atoms with Crippen LogP contribution < -0.4 is 15.8 Å². The fourth-order valence-corrected chi connectivity index (χ4v) is 2.56. The van der Waals surface area contributed by atoms with Crippen molar-refractivity contribution in [3.63, 3.8) is 0 Å². The number of carbonyl (C=O) groups is 1. The number of benzene rings is 1. The first-order valence-electron chi connectivity index (χ1n) is 7.17. The van der Waals surface area contributed by atoms with Gasteiger partial charge < -0.3 is 15.2 Å². The number of halogens is 1. The lowest BCUT2D eigenvalue weighted by molar-refractivity contribution is 0.102. The summed E-state index contributed by atoms with van der Waals surface area (Å²) in [7, 11) is 0. The van der Waals surface area contributed by atoms with Crippen molar-refractivity contribution < 1.29 is 9.18 Å². The van der Waals surface area contributed by atoms with Gasteiger partial charge in [-0.1, -0.05) is 0 Å². The summed E-state index contributed by atoms with van der Waals surface area (Å²) in [5.41, 5.74) is 1.21. The van der Waals surface area contributed by atoms with E-state index in [9.17, 15) is 14.0 Å². The number of amides is 1. The van der Waals surface area contributed by atoms with E-state index in [-0.39, 0.29) is 11.4 Å². The van der Waals surface area contributed by atoms with Crippen LogP contribution in [0.3, 0.4) is 0 Å². The van der Waals surface area contributed by atoms with Crippen LogP contribution in [0.1, 0.15) is 23.2 Å². The molecule has 1 saturated heterocycles. The molecule has 0 spiro atoms. The molecule has 1 amide bonds. The number of H-pyrrole nitrogens is 1. The number of rotatable bonds is 3. The molecule has 2 N–H and O–H groups in total. The second kappa shape index (κ2) is 6.01. The molecule has 3 rings (SSSR count). The molecule has 1 fully saturated rings. The van der Waals surface area contributed by atoms with Crippen LogP contribution in [0.15, 0.2) is 41.3 Å². The minimum atomic E-state index is -0.394. The number of hydrogen-bond donors (Lipinski definition) is 2. The van der Waals surface area contributed by atoms with Crippen molar-refractivity contribution in [3.8, 4) is 0 Å². The van der Waals surface area contributed by atoms with Crippen LogP contribution in [-0.4, -0.2) is 24.0 Å². The largest absolute Gasteiger partial charge is 0.371 e. The third kappa shape index (κ3) is 3.16. The van der Waals surface area contributed by atoms with E-state index < -0.39 is 5.91 Å². The van der Waals surface area contributed by atoms with Gasteiger partial charge in [0.15, 0.2) is 0 Å². The molecule has 1 aromatic carbocycles. The van der Waals surface area contributed by atoms with Crippen LogP contribution in [0.2, 0.25) is 0 Å². The van der Waals surface area contributed by atoms with E-state index >= 15 is 0 Å². The average molecular weight is 301 g/mol. The first-order valence-corrected chi connectivity index (χ1v) is 7.17. The number of carbonyl (C=O) groups excluding carboxylic acids is 1. The number of aromatic amines is 1. The Balaban J connectivity index is 1.80. The zero-order valence-corrected chi connectivity index (χ0v) is 11.9. The monoisotopic (exact) mass is 301 g/mol. The van der Waals surface area contributed by atoms with Crippen molar-refractivity contribution in [2.24, 2.45) is 0 Å². The van der Waals surface area contributed by atoms with E-state index in [1.54, 1.807) is 6.07 Å². The Morgan fingerprint density at radius 1 is 1.18 bits per heavy atom. The molecule has 0 atom stereocenters. The second-order valence-electron chi connectivity index (χ2n) is 5.29. The van der Waals surface area contributed by atoms with Crippen LogP contribution in [0.25, 0.3) is 0 Å². The molecule has 1 aliphatic heterocycles. The fourth-order valence-electron chi connectivity index (χ4n) is 2.56. The summed E-state index contributed by atoms with van der Waals surface area (Å²) < 4.78 is 13.8. The molecule has 0 unspecified atom stereocenters. The number of nitrogens with one attached hydrogen (secondary N) is 2. The van der Waals surface area contributed by atoms with E-state index in [0.717, 1.165) is 31.6 Å².